The lowest BCUT2D eigenvalue weighted by molar-refractivity contribution is 0.285. The molecule has 0 aromatic heterocycles. The fourth-order valence-electron chi connectivity index (χ4n) is 3.03. The minimum absolute atomic E-state index is 0.0269. The lowest BCUT2D eigenvalue weighted by Gasteiger charge is -2.32. The number of hydrogen-bond donors (Lipinski definition) is 1. The minimum Gasteiger partial charge on any atom is -0.317 e. The molecule has 1 fully saturated rings. The Morgan fingerprint density at radius 2 is 1.83 bits per heavy atom. The van der Waals surface area contributed by atoms with Crippen LogP contribution in [0.25, 0.3) is 0 Å². The van der Waals surface area contributed by atoms with Crippen LogP contribution in [0, 0.1) is 17.6 Å². The van der Waals surface area contributed by atoms with Crippen molar-refractivity contribution in [1.29, 1.82) is 0 Å². The maximum absolute atomic E-state index is 13.9. The topological polar surface area (TPSA) is 12.0 Å². The van der Waals surface area contributed by atoms with Crippen LogP contribution in [-0.4, -0.2) is 13.1 Å². The molecule has 0 bridgehead atoms. The van der Waals surface area contributed by atoms with Crippen molar-refractivity contribution in [3.05, 3.63) is 35.4 Å². The highest BCUT2D eigenvalue weighted by Crippen LogP contribution is 2.39. The molecular formula is C15H21F2N. The molecular weight excluding hydrogens is 232 g/mol. The van der Waals surface area contributed by atoms with Crippen molar-refractivity contribution in [2.75, 3.05) is 13.1 Å². The van der Waals surface area contributed by atoms with Gasteiger partial charge in [-0.15, -0.1) is 0 Å². The SMILES string of the molecule is CCNCC1CCCCC1c1c(F)cccc1F. The Kier molecular flexibility index (Phi) is 4.70. The van der Waals surface area contributed by atoms with Gasteiger partial charge in [-0.2, -0.15) is 0 Å². The molecule has 100 valence electrons. The van der Waals surface area contributed by atoms with Crippen LogP contribution < -0.4 is 5.32 Å². The summed E-state index contributed by atoms with van der Waals surface area (Å²) in [7, 11) is 0. The number of halogens is 2. The van der Waals surface area contributed by atoms with Crippen molar-refractivity contribution in [2.45, 2.75) is 38.5 Å². The third-order valence-corrected chi connectivity index (χ3v) is 3.94. The van der Waals surface area contributed by atoms with E-state index in [-0.39, 0.29) is 17.6 Å². The number of nitrogens with one attached hydrogen (secondary N) is 1. The Morgan fingerprint density at radius 1 is 1.17 bits per heavy atom. The van der Waals surface area contributed by atoms with Crippen molar-refractivity contribution < 1.29 is 8.78 Å². The van der Waals surface area contributed by atoms with Gasteiger partial charge in [0, 0.05) is 5.56 Å². The van der Waals surface area contributed by atoms with E-state index in [4.69, 9.17) is 0 Å². The molecule has 1 aromatic carbocycles. The first-order valence-corrected chi connectivity index (χ1v) is 6.88. The lowest BCUT2D eigenvalue weighted by atomic mass is 9.75. The van der Waals surface area contributed by atoms with Gasteiger partial charge in [0.05, 0.1) is 0 Å². The molecule has 1 nitrogen and oxygen atoms in total. The van der Waals surface area contributed by atoms with Gasteiger partial charge in [-0.05, 0) is 49.9 Å². The molecule has 1 aliphatic rings. The van der Waals surface area contributed by atoms with E-state index in [1.165, 1.54) is 24.6 Å². The molecule has 2 atom stereocenters. The molecule has 1 saturated carbocycles. The number of rotatable bonds is 4. The predicted octanol–water partition coefficient (Wildman–Crippen LogP) is 3.85. The van der Waals surface area contributed by atoms with Crippen LogP contribution in [0.3, 0.4) is 0 Å². The third kappa shape index (κ3) is 2.89. The van der Waals surface area contributed by atoms with Crippen LogP contribution in [0.4, 0.5) is 8.78 Å². The Morgan fingerprint density at radius 3 is 2.50 bits per heavy atom. The van der Waals surface area contributed by atoms with Crippen molar-refractivity contribution in [2.24, 2.45) is 5.92 Å². The van der Waals surface area contributed by atoms with E-state index in [2.05, 4.69) is 12.2 Å². The first-order valence-electron chi connectivity index (χ1n) is 6.88. The largest absolute Gasteiger partial charge is 0.317 e. The quantitative estimate of drug-likeness (QED) is 0.859. The molecule has 0 radical (unpaired) electrons. The van der Waals surface area contributed by atoms with Crippen molar-refractivity contribution in [1.82, 2.24) is 5.32 Å². The summed E-state index contributed by atoms with van der Waals surface area (Å²) >= 11 is 0. The van der Waals surface area contributed by atoms with Crippen molar-refractivity contribution in [3.63, 3.8) is 0 Å². The van der Waals surface area contributed by atoms with Crippen molar-refractivity contribution >= 4 is 0 Å². The monoisotopic (exact) mass is 253 g/mol. The third-order valence-electron chi connectivity index (χ3n) is 3.94. The summed E-state index contributed by atoms with van der Waals surface area (Å²) < 4.78 is 27.7. The van der Waals surface area contributed by atoms with E-state index in [1.54, 1.807) is 0 Å². The zero-order chi connectivity index (χ0) is 13.0. The van der Waals surface area contributed by atoms with E-state index >= 15 is 0 Å². The molecule has 0 saturated heterocycles. The first kappa shape index (κ1) is 13.5. The fourth-order valence-corrected chi connectivity index (χ4v) is 3.03. The molecule has 3 heteroatoms. The van der Waals surface area contributed by atoms with E-state index < -0.39 is 0 Å². The Labute approximate surface area is 108 Å². The van der Waals surface area contributed by atoms with Gasteiger partial charge < -0.3 is 5.32 Å². The predicted molar refractivity (Wildman–Crippen MR) is 69.6 cm³/mol. The van der Waals surface area contributed by atoms with Gasteiger partial charge in [0.1, 0.15) is 11.6 Å². The van der Waals surface area contributed by atoms with Gasteiger partial charge in [0.15, 0.2) is 0 Å². The average Bonchev–Trinajstić information content (AvgIpc) is 2.37. The van der Waals surface area contributed by atoms with E-state index in [1.807, 2.05) is 0 Å². The second kappa shape index (κ2) is 6.28. The van der Waals surface area contributed by atoms with Crippen molar-refractivity contribution in [3.8, 4) is 0 Å². The highest BCUT2D eigenvalue weighted by atomic mass is 19.1. The molecule has 1 N–H and O–H groups in total. The van der Waals surface area contributed by atoms with Crippen LogP contribution in [-0.2, 0) is 0 Å². The van der Waals surface area contributed by atoms with Crippen LogP contribution >= 0.6 is 0 Å². The second-order valence-corrected chi connectivity index (χ2v) is 5.09. The maximum Gasteiger partial charge on any atom is 0.129 e. The maximum atomic E-state index is 13.9. The fraction of sp³-hybridized carbons (Fsp3) is 0.600. The molecule has 0 aliphatic heterocycles. The van der Waals surface area contributed by atoms with Gasteiger partial charge in [-0.1, -0.05) is 25.8 Å². The summed E-state index contributed by atoms with van der Waals surface area (Å²) in [4.78, 5) is 0. The molecule has 1 aromatic rings. The molecule has 0 heterocycles. The number of benzene rings is 1. The highest BCUT2D eigenvalue weighted by Gasteiger charge is 2.30. The Bertz CT molecular complexity index is 372. The molecule has 18 heavy (non-hydrogen) atoms. The van der Waals surface area contributed by atoms with Crippen LogP contribution in [0.15, 0.2) is 18.2 Å². The minimum atomic E-state index is -0.386. The molecule has 1 aliphatic carbocycles. The smallest absolute Gasteiger partial charge is 0.129 e. The summed E-state index contributed by atoms with van der Waals surface area (Å²) in [6, 6.07) is 4.19. The molecule has 0 amide bonds. The normalized spacial score (nSPS) is 24.2. The van der Waals surface area contributed by atoms with E-state index in [0.717, 1.165) is 32.4 Å². The summed E-state index contributed by atoms with van der Waals surface area (Å²) in [5.74, 6) is -0.393. The number of hydrogen-bond acceptors (Lipinski definition) is 1. The molecule has 2 unspecified atom stereocenters. The van der Waals surface area contributed by atoms with Gasteiger partial charge in [0.2, 0.25) is 0 Å². The van der Waals surface area contributed by atoms with Gasteiger partial charge in [-0.25, -0.2) is 8.78 Å². The van der Waals surface area contributed by atoms with Gasteiger partial charge in [-0.3, -0.25) is 0 Å². The summed E-state index contributed by atoms with van der Waals surface area (Å²) in [5.41, 5.74) is 0.306. The van der Waals surface area contributed by atoms with Gasteiger partial charge >= 0.3 is 0 Å². The highest BCUT2D eigenvalue weighted by molar-refractivity contribution is 5.25. The first-order chi connectivity index (χ1) is 8.74. The molecule has 2 rings (SSSR count). The van der Waals surface area contributed by atoms with Gasteiger partial charge in [0.25, 0.3) is 0 Å². The Balaban J connectivity index is 2.22. The van der Waals surface area contributed by atoms with Crippen LogP contribution in [0.1, 0.15) is 44.1 Å². The standard InChI is InChI=1S/C15H21F2N/c1-2-18-10-11-6-3-4-7-12(11)15-13(16)8-5-9-14(15)17/h5,8-9,11-12,18H,2-4,6-7,10H2,1H3. The zero-order valence-electron chi connectivity index (χ0n) is 10.9. The summed E-state index contributed by atoms with van der Waals surface area (Å²) in [5, 5.41) is 3.31. The molecule has 0 spiro atoms. The van der Waals surface area contributed by atoms with E-state index in [0.29, 0.717) is 11.5 Å². The summed E-state index contributed by atoms with van der Waals surface area (Å²) in [6.45, 7) is 3.82. The van der Waals surface area contributed by atoms with E-state index in [9.17, 15) is 8.78 Å². The average molecular weight is 253 g/mol. The lowest BCUT2D eigenvalue weighted by Crippen LogP contribution is -2.30. The second-order valence-electron chi connectivity index (χ2n) is 5.09. The zero-order valence-corrected chi connectivity index (χ0v) is 10.9. The van der Waals surface area contributed by atoms with Crippen LogP contribution in [0.2, 0.25) is 0 Å². The Hall–Kier alpha value is -0.960. The van der Waals surface area contributed by atoms with Crippen LogP contribution in [0.5, 0.6) is 0 Å². The summed E-state index contributed by atoms with van der Waals surface area (Å²) in [6.07, 6.45) is 4.20.